The van der Waals surface area contributed by atoms with Crippen LogP contribution in [0.5, 0.6) is 0 Å². The Hall–Kier alpha value is -2.18. The highest BCUT2D eigenvalue weighted by Crippen LogP contribution is 2.25. The highest BCUT2D eigenvalue weighted by molar-refractivity contribution is 6.01. The van der Waals surface area contributed by atoms with Crippen molar-refractivity contribution in [2.45, 2.75) is 39.0 Å². The van der Waals surface area contributed by atoms with E-state index in [1.165, 1.54) is 0 Å². The van der Waals surface area contributed by atoms with E-state index in [4.69, 9.17) is 9.26 Å². The first kappa shape index (κ1) is 17.6. The zero-order chi connectivity index (χ0) is 18.0. The number of carbonyl (C=O) groups is 1. The first-order valence-corrected chi connectivity index (χ1v) is 8.60. The SMILES string of the molecule is COC1CN(C(C)C)CC1NC(=O)c1c(-c2ccccc2)noc1C. The standard InChI is InChI=1S/C19H25N3O3/c1-12(2)22-10-15(16(11-22)24-4)20-19(23)17-13(3)25-21-18(17)14-8-6-5-7-9-14/h5-9,12,15-16H,10-11H2,1-4H3,(H,20,23). The fourth-order valence-corrected chi connectivity index (χ4v) is 3.28. The van der Waals surface area contributed by atoms with E-state index in [0.717, 1.165) is 18.7 Å². The zero-order valence-corrected chi connectivity index (χ0v) is 15.2. The summed E-state index contributed by atoms with van der Waals surface area (Å²) in [5.74, 6) is 0.347. The van der Waals surface area contributed by atoms with Crippen molar-refractivity contribution >= 4 is 5.91 Å². The largest absolute Gasteiger partial charge is 0.378 e. The molecule has 6 nitrogen and oxygen atoms in total. The van der Waals surface area contributed by atoms with Crippen LogP contribution in [-0.2, 0) is 4.74 Å². The van der Waals surface area contributed by atoms with Crippen LogP contribution in [0.25, 0.3) is 11.3 Å². The van der Waals surface area contributed by atoms with Gasteiger partial charge < -0.3 is 14.6 Å². The lowest BCUT2D eigenvalue weighted by Crippen LogP contribution is -2.44. The maximum Gasteiger partial charge on any atom is 0.257 e. The molecule has 2 aromatic rings. The molecule has 2 atom stereocenters. The van der Waals surface area contributed by atoms with Gasteiger partial charge in [-0.15, -0.1) is 0 Å². The molecule has 1 amide bonds. The third-order valence-corrected chi connectivity index (χ3v) is 4.78. The Balaban J connectivity index is 1.81. The highest BCUT2D eigenvalue weighted by Gasteiger charge is 2.36. The molecule has 2 heterocycles. The smallest absolute Gasteiger partial charge is 0.257 e. The molecule has 2 unspecified atom stereocenters. The summed E-state index contributed by atoms with van der Waals surface area (Å²) < 4.78 is 10.9. The molecule has 1 saturated heterocycles. The number of likely N-dealkylation sites (tertiary alicyclic amines) is 1. The third kappa shape index (κ3) is 3.60. The van der Waals surface area contributed by atoms with Gasteiger partial charge in [0.25, 0.3) is 5.91 Å². The van der Waals surface area contributed by atoms with E-state index >= 15 is 0 Å². The maximum atomic E-state index is 12.9. The summed E-state index contributed by atoms with van der Waals surface area (Å²) >= 11 is 0. The summed E-state index contributed by atoms with van der Waals surface area (Å²) in [4.78, 5) is 15.2. The number of ether oxygens (including phenoxy) is 1. The Bertz CT molecular complexity index is 727. The van der Waals surface area contributed by atoms with Crippen LogP contribution in [-0.4, -0.2) is 54.4 Å². The lowest BCUT2D eigenvalue weighted by molar-refractivity contribution is 0.0752. The number of methoxy groups -OCH3 is 1. The molecule has 6 heteroatoms. The summed E-state index contributed by atoms with van der Waals surface area (Å²) in [6.45, 7) is 7.64. The Kier molecular flexibility index (Phi) is 5.20. The summed E-state index contributed by atoms with van der Waals surface area (Å²) in [7, 11) is 1.69. The molecule has 0 aliphatic carbocycles. The van der Waals surface area contributed by atoms with E-state index in [0.29, 0.717) is 23.1 Å². The number of benzene rings is 1. The van der Waals surface area contributed by atoms with E-state index in [-0.39, 0.29) is 18.1 Å². The topological polar surface area (TPSA) is 67.6 Å². The van der Waals surface area contributed by atoms with Gasteiger partial charge in [-0.1, -0.05) is 35.5 Å². The normalized spacial score (nSPS) is 21.0. The van der Waals surface area contributed by atoms with E-state index in [9.17, 15) is 4.79 Å². The number of amides is 1. The molecule has 1 aliphatic heterocycles. The summed E-state index contributed by atoms with van der Waals surface area (Å²) in [5.41, 5.74) is 1.93. The van der Waals surface area contributed by atoms with Crippen LogP contribution in [0.1, 0.15) is 30.0 Å². The number of aromatic nitrogens is 1. The lowest BCUT2D eigenvalue weighted by atomic mass is 10.1. The first-order valence-electron chi connectivity index (χ1n) is 8.60. The molecule has 0 saturated carbocycles. The monoisotopic (exact) mass is 343 g/mol. The van der Waals surface area contributed by atoms with Crippen LogP contribution in [0.2, 0.25) is 0 Å². The maximum absolute atomic E-state index is 12.9. The minimum atomic E-state index is -0.171. The van der Waals surface area contributed by atoms with E-state index in [1.54, 1.807) is 14.0 Å². The molecular weight excluding hydrogens is 318 g/mol. The first-order chi connectivity index (χ1) is 12.0. The molecular formula is C19H25N3O3. The molecule has 1 aliphatic rings. The van der Waals surface area contributed by atoms with Gasteiger partial charge in [-0.2, -0.15) is 0 Å². The van der Waals surface area contributed by atoms with Crippen LogP contribution in [0.3, 0.4) is 0 Å². The Morgan fingerprint density at radius 1 is 1.32 bits per heavy atom. The van der Waals surface area contributed by atoms with Gasteiger partial charge in [-0.25, -0.2) is 0 Å². The number of hydrogen-bond acceptors (Lipinski definition) is 5. The molecule has 0 bridgehead atoms. The van der Waals surface area contributed by atoms with Crippen molar-refractivity contribution in [3.05, 3.63) is 41.7 Å². The van der Waals surface area contributed by atoms with E-state index in [2.05, 4.69) is 29.2 Å². The summed E-state index contributed by atoms with van der Waals surface area (Å²) in [5, 5.41) is 7.20. The quantitative estimate of drug-likeness (QED) is 0.903. The van der Waals surface area contributed by atoms with Crippen LogP contribution in [0, 0.1) is 6.92 Å². The fourth-order valence-electron chi connectivity index (χ4n) is 3.28. The molecule has 1 fully saturated rings. The van der Waals surface area contributed by atoms with Crippen molar-refractivity contribution in [2.24, 2.45) is 0 Å². The van der Waals surface area contributed by atoms with Crippen molar-refractivity contribution in [1.82, 2.24) is 15.4 Å². The van der Waals surface area contributed by atoms with Gasteiger partial charge in [0, 0.05) is 31.8 Å². The van der Waals surface area contributed by atoms with Gasteiger partial charge in [-0.3, -0.25) is 9.69 Å². The molecule has 1 N–H and O–H groups in total. The fraction of sp³-hybridized carbons (Fsp3) is 0.474. The van der Waals surface area contributed by atoms with Crippen molar-refractivity contribution < 1.29 is 14.1 Å². The number of nitrogens with one attached hydrogen (secondary N) is 1. The van der Waals surface area contributed by atoms with Gasteiger partial charge in [0.2, 0.25) is 0 Å². The van der Waals surface area contributed by atoms with Gasteiger partial charge in [0.1, 0.15) is 17.0 Å². The average molecular weight is 343 g/mol. The van der Waals surface area contributed by atoms with Crippen molar-refractivity contribution in [2.75, 3.05) is 20.2 Å². The lowest BCUT2D eigenvalue weighted by Gasteiger charge is -2.20. The predicted molar refractivity (Wildman–Crippen MR) is 95.4 cm³/mol. The second-order valence-corrected chi connectivity index (χ2v) is 6.73. The number of carbonyl (C=O) groups excluding carboxylic acids is 1. The van der Waals surface area contributed by atoms with Crippen LogP contribution >= 0.6 is 0 Å². The highest BCUT2D eigenvalue weighted by atomic mass is 16.5. The molecule has 1 aromatic heterocycles. The second-order valence-electron chi connectivity index (χ2n) is 6.73. The molecule has 1 aromatic carbocycles. The third-order valence-electron chi connectivity index (χ3n) is 4.78. The van der Waals surface area contributed by atoms with Gasteiger partial charge in [-0.05, 0) is 20.8 Å². The summed E-state index contributed by atoms with van der Waals surface area (Å²) in [6, 6.07) is 9.95. The van der Waals surface area contributed by atoms with Crippen molar-refractivity contribution in [3.63, 3.8) is 0 Å². The summed E-state index contributed by atoms with van der Waals surface area (Å²) in [6.07, 6.45) is -0.0216. The number of aryl methyl sites for hydroxylation is 1. The predicted octanol–water partition coefficient (Wildman–Crippen LogP) is 2.49. The van der Waals surface area contributed by atoms with Gasteiger partial charge >= 0.3 is 0 Å². The Morgan fingerprint density at radius 3 is 2.68 bits per heavy atom. The molecule has 3 rings (SSSR count). The van der Waals surface area contributed by atoms with Crippen LogP contribution in [0.4, 0.5) is 0 Å². The number of hydrogen-bond donors (Lipinski definition) is 1. The van der Waals surface area contributed by atoms with Crippen molar-refractivity contribution in [3.8, 4) is 11.3 Å². The Labute approximate surface area is 148 Å². The molecule has 0 radical (unpaired) electrons. The van der Waals surface area contributed by atoms with E-state index < -0.39 is 0 Å². The molecule has 0 spiro atoms. The molecule has 134 valence electrons. The Morgan fingerprint density at radius 2 is 2.04 bits per heavy atom. The van der Waals surface area contributed by atoms with Crippen LogP contribution in [0.15, 0.2) is 34.9 Å². The van der Waals surface area contributed by atoms with Gasteiger partial charge in [0.05, 0.1) is 12.1 Å². The zero-order valence-electron chi connectivity index (χ0n) is 15.2. The van der Waals surface area contributed by atoms with E-state index in [1.807, 2.05) is 30.3 Å². The van der Waals surface area contributed by atoms with Gasteiger partial charge in [0.15, 0.2) is 0 Å². The molecule has 25 heavy (non-hydrogen) atoms. The van der Waals surface area contributed by atoms with Crippen molar-refractivity contribution in [1.29, 1.82) is 0 Å². The minimum absolute atomic E-state index is 0.0216. The average Bonchev–Trinajstić information content (AvgIpc) is 3.19. The minimum Gasteiger partial charge on any atom is -0.378 e. The number of rotatable bonds is 5. The number of nitrogens with zero attached hydrogens (tertiary/aromatic N) is 2. The second kappa shape index (κ2) is 7.37. The van der Waals surface area contributed by atoms with Crippen LogP contribution < -0.4 is 5.32 Å².